The minimum Gasteiger partial charge on any atom is -0.393 e. The van der Waals surface area contributed by atoms with Crippen molar-refractivity contribution in [3.05, 3.63) is 66.0 Å². The molecule has 1 aliphatic heterocycles. The van der Waals surface area contributed by atoms with Crippen molar-refractivity contribution in [1.29, 1.82) is 0 Å². The molecule has 3 rings (SSSR count). The highest BCUT2D eigenvalue weighted by atomic mass is 32.2. The number of thioether (sulfide) groups is 1. The summed E-state index contributed by atoms with van der Waals surface area (Å²) in [7, 11) is 0. The van der Waals surface area contributed by atoms with Gasteiger partial charge in [-0.3, -0.25) is 34.0 Å². The van der Waals surface area contributed by atoms with Crippen LogP contribution < -0.4 is 22.3 Å². The van der Waals surface area contributed by atoms with E-state index in [9.17, 15) is 29.3 Å². The number of carbonyl (C=O) groups is 2. The second-order valence-electron chi connectivity index (χ2n) is 6.62. The molecule has 0 radical (unpaired) electrons. The van der Waals surface area contributed by atoms with Gasteiger partial charge in [0.1, 0.15) is 5.69 Å². The number of benzene rings is 1. The molecule has 12 heteroatoms. The summed E-state index contributed by atoms with van der Waals surface area (Å²) in [5, 5.41) is 13.4. The van der Waals surface area contributed by atoms with E-state index in [1.54, 1.807) is 11.8 Å². The van der Waals surface area contributed by atoms with Crippen LogP contribution in [0.3, 0.4) is 0 Å². The lowest BCUT2D eigenvalue weighted by molar-refractivity contribution is -0.383. The van der Waals surface area contributed by atoms with Crippen molar-refractivity contribution in [3.8, 4) is 0 Å². The SMILES string of the molecule is Nc1ccc(C(=O)CNC(=O)CCn2c3c(c(=O)[nH]c2=O)CSCC3)cc1[N+](=O)[O-]. The highest BCUT2D eigenvalue weighted by Gasteiger charge is 2.19. The molecular formula is C18H19N5O6S. The molecule has 0 fully saturated rings. The summed E-state index contributed by atoms with van der Waals surface area (Å²) >= 11 is 1.60. The molecule has 0 unspecified atom stereocenters. The predicted octanol–water partition coefficient (Wildman–Crippen LogP) is 0.206. The van der Waals surface area contributed by atoms with Gasteiger partial charge in [-0.25, -0.2) is 4.79 Å². The lowest BCUT2D eigenvalue weighted by Gasteiger charge is -2.19. The monoisotopic (exact) mass is 433 g/mol. The first kappa shape index (κ1) is 21.3. The van der Waals surface area contributed by atoms with Crippen LogP contribution in [0.15, 0.2) is 27.8 Å². The molecule has 1 aliphatic rings. The molecule has 4 N–H and O–H groups in total. The van der Waals surface area contributed by atoms with E-state index in [0.717, 1.165) is 11.8 Å². The number of Topliss-reactive ketones (excluding diaryl/α,β-unsaturated/α-hetero) is 1. The van der Waals surface area contributed by atoms with E-state index in [4.69, 9.17) is 5.73 Å². The van der Waals surface area contributed by atoms with Gasteiger partial charge in [0, 0.05) is 41.6 Å². The summed E-state index contributed by atoms with van der Waals surface area (Å²) < 4.78 is 1.39. The number of nitro groups is 1. The molecule has 30 heavy (non-hydrogen) atoms. The van der Waals surface area contributed by atoms with Crippen LogP contribution in [0.5, 0.6) is 0 Å². The molecule has 2 heterocycles. The fraction of sp³-hybridized carbons (Fsp3) is 0.333. The molecular weight excluding hydrogens is 414 g/mol. The average molecular weight is 433 g/mol. The van der Waals surface area contributed by atoms with E-state index in [1.807, 2.05) is 0 Å². The number of hydrogen-bond acceptors (Lipinski definition) is 8. The van der Waals surface area contributed by atoms with Crippen LogP contribution in [-0.4, -0.2) is 38.5 Å². The van der Waals surface area contributed by atoms with Crippen LogP contribution >= 0.6 is 11.8 Å². The van der Waals surface area contributed by atoms with Crippen LogP contribution in [-0.2, 0) is 23.5 Å². The van der Waals surface area contributed by atoms with Gasteiger partial charge in [-0.2, -0.15) is 11.8 Å². The molecule has 1 aromatic heterocycles. The average Bonchev–Trinajstić information content (AvgIpc) is 2.72. The number of nitrogens with one attached hydrogen (secondary N) is 2. The van der Waals surface area contributed by atoms with Crippen molar-refractivity contribution in [3.63, 3.8) is 0 Å². The maximum absolute atomic E-state index is 12.2. The number of H-pyrrole nitrogens is 1. The summed E-state index contributed by atoms with van der Waals surface area (Å²) in [4.78, 5) is 60.9. The van der Waals surface area contributed by atoms with Crippen LogP contribution in [0.4, 0.5) is 11.4 Å². The van der Waals surface area contributed by atoms with Crippen LogP contribution in [0.25, 0.3) is 0 Å². The second kappa shape index (κ2) is 8.95. The molecule has 1 aromatic carbocycles. The molecule has 0 saturated carbocycles. The Kier molecular flexibility index (Phi) is 6.35. The molecule has 0 spiro atoms. The minimum atomic E-state index is -0.689. The topological polar surface area (TPSA) is 170 Å². The number of aromatic amines is 1. The molecule has 158 valence electrons. The fourth-order valence-corrected chi connectivity index (χ4v) is 4.11. The maximum Gasteiger partial charge on any atom is 0.328 e. The van der Waals surface area contributed by atoms with Gasteiger partial charge in [-0.05, 0) is 24.3 Å². The van der Waals surface area contributed by atoms with Crippen LogP contribution in [0.1, 0.15) is 28.0 Å². The smallest absolute Gasteiger partial charge is 0.328 e. The van der Waals surface area contributed by atoms with Crippen molar-refractivity contribution < 1.29 is 14.5 Å². The number of amides is 1. The largest absolute Gasteiger partial charge is 0.393 e. The Morgan fingerprint density at radius 2 is 2.10 bits per heavy atom. The molecule has 0 aliphatic carbocycles. The zero-order chi connectivity index (χ0) is 21.8. The normalized spacial score (nSPS) is 12.8. The first-order valence-electron chi connectivity index (χ1n) is 9.04. The summed E-state index contributed by atoms with van der Waals surface area (Å²) in [6, 6.07) is 3.67. The van der Waals surface area contributed by atoms with Crippen molar-refractivity contribution in [2.75, 3.05) is 18.0 Å². The lowest BCUT2D eigenvalue weighted by Crippen LogP contribution is -2.38. The predicted molar refractivity (Wildman–Crippen MR) is 111 cm³/mol. The number of nitrogens with zero attached hydrogens (tertiary/aromatic N) is 2. The minimum absolute atomic E-state index is 0.0552. The first-order chi connectivity index (χ1) is 14.3. The first-order valence-corrected chi connectivity index (χ1v) is 10.2. The Morgan fingerprint density at radius 1 is 1.33 bits per heavy atom. The third kappa shape index (κ3) is 4.59. The van der Waals surface area contributed by atoms with Gasteiger partial charge >= 0.3 is 5.69 Å². The van der Waals surface area contributed by atoms with Gasteiger partial charge in [0.05, 0.1) is 11.5 Å². The quantitative estimate of drug-likeness (QED) is 0.241. The number of anilines is 1. The maximum atomic E-state index is 12.2. The number of nitrogen functional groups attached to an aromatic ring is 1. The number of nitro benzene ring substituents is 1. The molecule has 2 aromatic rings. The van der Waals surface area contributed by atoms with Crippen molar-refractivity contribution in [1.82, 2.24) is 14.9 Å². The summed E-state index contributed by atoms with van der Waals surface area (Å²) in [5.74, 6) is 0.316. The summed E-state index contributed by atoms with van der Waals surface area (Å²) in [5.41, 5.74) is 5.34. The van der Waals surface area contributed by atoms with Gasteiger partial charge in [-0.1, -0.05) is 0 Å². The van der Waals surface area contributed by atoms with Crippen molar-refractivity contribution in [2.45, 2.75) is 25.1 Å². The fourth-order valence-electron chi connectivity index (χ4n) is 3.13. The molecule has 1 amide bonds. The van der Waals surface area contributed by atoms with Gasteiger partial charge in [0.2, 0.25) is 5.91 Å². The van der Waals surface area contributed by atoms with Crippen LogP contribution in [0.2, 0.25) is 0 Å². The second-order valence-corrected chi connectivity index (χ2v) is 7.72. The van der Waals surface area contributed by atoms with E-state index in [2.05, 4.69) is 10.3 Å². The molecule has 0 atom stereocenters. The molecule has 0 bridgehead atoms. The van der Waals surface area contributed by atoms with E-state index < -0.39 is 27.9 Å². The third-order valence-electron chi connectivity index (χ3n) is 4.70. The van der Waals surface area contributed by atoms with Gasteiger partial charge in [0.25, 0.3) is 11.2 Å². The van der Waals surface area contributed by atoms with E-state index in [0.29, 0.717) is 23.4 Å². The Hall–Kier alpha value is -3.41. The summed E-state index contributed by atoms with van der Waals surface area (Å²) in [6.45, 7) is -0.287. The Bertz CT molecular complexity index is 1140. The van der Waals surface area contributed by atoms with E-state index >= 15 is 0 Å². The number of fused-ring (bicyclic) bond motifs is 1. The van der Waals surface area contributed by atoms with Crippen LogP contribution in [0, 0.1) is 10.1 Å². The number of nitrogens with two attached hydrogens (primary N) is 1. The lowest BCUT2D eigenvalue weighted by atomic mass is 10.1. The number of carbonyl (C=O) groups excluding carboxylic acids is 2. The number of aromatic nitrogens is 2. The molecule has 11 nitrogen and oxygen atoms in total. The zero-order valence-electron chi connectivity index (χ0n) is 15.8. The summed E-state index contributed by atoms with van der Waals surface area (Å²) in [6.07, 6.45) is 0.496. The van der Waals surface area contributed by atoms with Crippen molar-refractivity contribution >= 4 is 34.8 Å². The van der Waals surface area contributed by atoms with Gasteiger partial charge in [0.15, 0.2) is 5.78 Å². The Balaban J connectivity index is 1.62. The third-order valence-corrected chi connectivity index (χ3v) is 5.69. The van der Waals surface area contributed by atoms with E-state index in [1.165, 1.54) is 16.7 Å². The van der Waals surface area contributed by atoms with Gasteiger partial charge in [-0.15, -0.1) is 0 Å². The Morgan fingerprint density at radius 3 is 2.83 bits per heavy atom. The highest BCUT2D eigenvalue weighted by Crippen LogP contribution is 2.22. The van der Waals surface area contributed by atoms with Gasteiger partial charge < -0.3 is 11.1 Å². The van der Waals surface area contributed by atoms with E-state index in [-0.39, 0.29) is 36.4 Å². The zero-order valence-corrected chi connectivity index (χ0v) is 16.6. The highest BCUT2D eigenvalue weighted by molar-refractivity contribution is 7.98. The number of ketones is 1. The standard InChI is InChI=1S/C18H19N5O6S/c19-12-2-1-10(7-14(12)23(28)29)15(24)8-20-16(25)3-5-22-13-4-6-30-9-11(13)17(26)21-18(22)27/h1-2,7H,3-6,8-9,19H2,(H,20,25)(H,21,26,27). The number of hydrogen-bond donors (Lipinski definition) is 3. The number of rotatable bonds is 7. The van der Waals surface area contributed by atoms with Crippen molar-refractivity contribution in [2.24, 2.45) is 0 Å². The molecule has 0 saturated heterocycles. The Labute approximate surface area is 173 Å².